The molecule has 1 N–H and O–H groups in total. The molecule has 1 saturated heterocycles. The Hall–Kier alpha value is -2.32. The molecule has 3 rings (SSSR count). The molecule has 0 bridgehead atoms. The summed E-state index contributed by atoms with van der Waals surface area (Å²) in [5, 5.41) is 2.64. The van der Waals surface area contributed by atoms with Crippen LogP contribution in [0.25, 0.3) is 0 Å². The highest BCUT2D eigenvalue weighted by molar-refractivity contribution is 6.00. The van der Waals surface area contributed by atoms with Gasteiger partial charge in [0.25, 0.3) is 5.91 Å². The van der Waals surface area contributed by atoms with Crippen molar-refractivity contribution in [2.45, 2.75) is 32.0 Å². The summed E-state index contributed by atoms with van der Waals surface area (Å²) in [7, 11) is 0. The third-order valence-corrected chi connectivity index (χ3v) is 4.51. The van der Waals surface area contributed by atoms with Crippen LogP contribution in [0.4, 0.5) is 19.0 Å². The van der Waals surface area contributed by atoms with Gasteiger partial charge in [0.15, 0.2) is 0 Å². The number of nitrogens with zero attached hydrogens (tertiary/aromatic N) is 3. The number of hydrogen-bond donors (Lipinski definition) is 1. The SMILES string of the molecule is CCCC(=O)N1CCN2c3ncc(C(F)(F)F)cc3C(=O)NC[C@H]2C1. The van der Waals surface area contributed by atoms with Crippen molar-refractivity contribution < 1.29 is 22.8 Å². The van der Waals surface area contributed by atoms with Crippen LogP contribution in [0, 0.1) is 0 Å². The van der Waals surface area contributed by atoms with Crippen molar-refractivity contribution in [2.24, 2.45) is 0 Å². The lowest BCUT2D eigenvalue weighted by Gasteiger charge is -2.41. The minimum atomic E-state index is -4.56. The summed E-state index contributed by atoms with van der Waals surface area (Å²) in [6.45, 7) is 3.50. The third kappa shape index (κ3) is 3.40. The number of aromatic nitrogens is 1. The largest absolute Gasteiger partial charge is 0.417 e. The number of carbonyl (C=O) groups excluding carboxylic acids is 2. The summed E-state index contributed by atoms with van der Waals surface area (Å²) in [4.78, 5) is 31.8. The van der Waals surface area contributed by atoms with E-state index in [1.165, 1.54) is 0 Å². The lowest BCUT2D eigenvalue weighted by atomic mass is 10.1. The van der Waals surface area contributed by atoms with Crippen LogP contribution < -0.4 is 10.2 Å². The van der Waals surface area contributed by atoms with Gasteiger partial charge in [-0.15, -0.1) is 0 Å². The average Bonchev–Trinajstić information content (AvgIpc) is 2.71. The Balaban J connectivity index is 1.89. The van der Waals surface area contributed by atoms with Crippen LogP contribution in [0.1, 0.15) is 35.7 Å². The molecule has 1 aromatic rings. The summed E-state index contributed by atoms with van der Waals surface area (Å²) in [5.74, 6) is -0.275. The molecule has 0 unspecified atom stereocenters. The number of nitrogens with one attached hydrogen (secondary N) is 1. The summed E-state index contributed by atoms with van der Waals surface area (Å²) < 4.78 is 38.7. The summed E-state index contributed by atoms with van der Waals surface area (Å²) in [5.41, 5.74) is -1.03. The quantitative estimate of drug-likeness (QED) is 0.875. The molecule has 1 aromatic heterocycles. The molecule has 2 aliphatic heterocycles. The van der Waals surface area contributed by atoms with Crippen LogP contribution in [-0.2, 0) is 11.0 Å². The van der Waals surface area contributed by atoms with Gasteiger partial charge < -0.3 is 15.1 Å². The predicted molar refractivity (Wildman–Crippen MR) is 84.2 cm³/mol. The van der Waals surface area contributed by atoms with Gasteiger partial charge in [0.2, 0.25) is 5.91 Å². The smallest absolute Gasteiger partial charge is 0.350 e. The van der Waals surface area contributed by atoms with Gasteiger partial charge in [-0.1, -0.05) is 6.92 Å². The summed E-state index contributed by atoms with van der Waals surface area (Å²) in [6, 6.07) is 0.637. The number of fused-ring (bicyclic) bond motifs is 3. The molecule has 0 spiro atoms. The minimum Gasteiger partial charge on any atom is -0.350 e. The van der Waals surface area contributed by atoms with Gasteiger partial charge >= 0.3 is 6.18 Å². The first kappa shape index (κ1) is 17.5. The molecule has 2 amide bonds. The highest BCUT2D eigenvalue weighted by atomic mass is 19.4. The zero-order valence-electron chi connectivity index (χ0n) is 13.8. The van der Waals surface area contributed by atoms with Crippen LogP contribution in [0.15, 0.2) is 12.3 Å². The number of carbonyl (C=O) groups is 2. The molecule has 1 fully saturated rings. The molecule has 0 aliphatic carbocycles. The number of hydrogen-bond acceptors (Lipinski definition) is 4. The molecule has 0 saturated carbocycles. The fourth-order valence-corrected chi connectivity index (χ4v) is 3.22. The number of piperazine rings is 1. The van der Waals surface area contributed by atoms with Gasteiger partial charge in [-0.3, -0.25) is 9.59 Å². The Morgan fingerprint density at radius 3 is 2.84 bits per heavy atom. The van der Waals surface area contributed by atoms with E-state index in [4.69, 9.17) is 0 Å². The van der Waals surface area contributed by atoms with Crippen LogP contribution in [-0.4, -0.2) is 53.9 Å². The van der Waals surface area contributed by atoms with Crippen LogP contribution >= 0.6 is 0 Å². The molecule has 6 nitrogen and oxygen atoms in total. The Labute approximate surface area is 143 Å². The molecule has 0 aromatic carbocycles. The van der Waals surface area contributed by atoms with Crippen LogP contribution in [0.2, 0.25) is 0 Å². The van der Waals surface area contributed by atoms with E-state index in [9.17, 15) is 22.8 Å². The lowest BCUT2D eigenvalue weighted by molar-refractivity contribution is -0.138. The van der Waals surface area contributed by atoms with Gasteiger partial charge in [-0.25, -0.2) is 4.98 Å². The number of amides is 2. The zero-order chi connectivity index (χ0) is 18.2. The zero-order valence-corrected chi connectivity index (χ0v) is 13.8. The van der Waals surface area contributed by atoms with Crippen molar-refractivity contribution in [2.75, 3.05) is 31.1 Å². The molecule has 25 heavy (non-hydrogen) atoms. The second-order valence-electron chi connectivity index (χ2n) is 6.24. The maximum atomic E-state index is 12.9. The van der Waals surface area contributed by atoms with E-state index < -0.39 is 17.6 Å². The Morgan fingerprint density at radius 2 is 2.16 bits per heavy atom. The normalized spacial score (nSPS) is 20.5. The minimum absolute atomic E-state index is 0.0540. The van der Waals surface area contributed by atoms with E-state index >= 15 is 0 Å². The van der Waals surface area contributed by atoms with E-state index in [-0.39, 0.29) is 29.9 Å². The van der Waals surface area contributed by atoms with Gasteiger partial charge in [0.05, 0.1) is 17.2 Å². The van der Waals surface area contributed by atoms with Gasteiger partial charge in [0, 0.05) is 38.8 Å². The van der Waals surface area contributed by atoms with Gasteiger partial charge in [0.1, 0.15) is 5.82 Å². The number of halogens is 3. The number of alkyl halides is 3. The monoisotopic (exact) mass is 356 g/mol. The van der Waals surface area contributed by atoms with E-state index in [0.29, 0.717) is 26.1 Å². The number of pyridine rings is 1. The van der Waals surface area contributed by atoms with Crippen molar-refractivity contribution in [3.05, 3.63) is 23.4 Å². The fraction of sp³-hybridized carbons (Fsp3) is 0.562. The standard InChI is InChI=1S/C16H19F3N4O2/c1-2-3-13(24)22-4-5-23-11(9-22)8-21-15(25)12-6-10(16(17,18)19)7-20-14(12)23/h6-7,11H,2-5,8-9H2,1H3,(H,21,25)/t11-/m0/s1. The number of rotatable bonds is 2. The fourth-order valence-electron chi connectivity index (χ4n) is 3.22. The van der Waals surface area contributed by atoms with E-state index in [1.54, 1.807) is 4.90 Å². The van der Waals surface area contributed by atoms with E-state index in [0.717, 1.165) is 18.7 Å². The molecule has 2 aliphatic rings. The predicted octanol–water partition coefficient (Wildman–Crippen LogP) is 1.66. The first-order valence-corrected chi connectivity index (χ1v) is 8.21. The molecule has 1 atom stereocenters. The molecule has 0 radical (unpaired) electrons. The van der Waals surface area contributed by atoms with Crippen LogP contribution in [0.3, 0.4) is 0 Å². The Kier molecular flexibility index (Phi) is 4.57. The first-order chi connectivity index (χ1) is 11.8. The first-order valence-electron chi connectivity index (χ1n) is 8.21. The maximum absolute atomic E-state index is 12.9. The molecule has 9 heteroatoms. The maximum Gasteiger partial charge on any atom is 0.417 e. The molecule has 3 heterocycles. The van der Waals surface area contributed by atoms with E-state index in [1.807, 2.05) is 11.8 Å². The Bertz CT molecular complexity index is 692. The van der Waals surface area contributed by atoms with Crippen molar-refractivity contribution in [1.82, 2.24) is 15.2 Å². The molecule has 136 valence electrons. The highest BCUT2D eigenvalue weighted by Crippen LogP contribution is 2.33. The second-order valence-corrected chi connectivity index (χ2v) is 6.24. The van der Waals surface area contributed by atoms with Gasteiger partial charge in [-0.2, -0.15) is 13.2 Å². The molecular formula is C16H19F3N4O2. The second kappa shape index (κ2) is 6.53. The summed E-state index contributed by atoms with van der Waals surface area (Å²) >= 11 is 0. The average molecular weight is 356 g/mol. The topological polar surface area (TPSA) is 65.5 Å². The highest BCUT2D eigenvalue weighted by Gasteiger charge is 2.37. The Morgan fingerprint density at radius 1 is 1.40 bits per heavy atom. The number of anilines is 1. The molecular weight excluding hydrogens is 337 g/mol. The van der Waals surface area contributed by atoms with Crippen molar-refractivity contribution >= 4 is 17.6 Å². The van der Waals surface area contributed by atoms with Crippen LogP contribution in [0.5, 0.6) is 0 Å². The van der Waals surface area contributed by atoms with Crippen molar-refractivity contribution in [1.29, 1.82) is 0 Å². The summed E-state index contributed by atoms with van der Waals surface area (Å²) in [6.07, 6.45) is -2.59. The lowest BCUT2D eigenvalue weighted by Crippen LogP contribution is -2.57. The van der Waals surface area contributed by atoms with Crippen molar-refractivity contribution in [3.63, 3.8) is 0 Å². The third-order valence-electron chi connectivity index (χ3n) is 4.51. The van der Waals surface area contributed by atoms with Crippen molar-refractivity contribution in [3.8, 4) is 0 Å². The van der Waals surface area contributed by atoms with Gasteiger partial charge in [-0.05, 0) is 12.5 Å². The van der Waals surface area contributed by atoms with E-state index in [2.05, 4.69) is 10.3 Å².